The number of halogens is 2. The lowest BCUT2D eigenvalue weighted by molar-refractivity contribution is -0.139. The molecule has 0 fully saturated rings. The van der Waals surface area contributed by atoms with E-state index < -0.39 is 34.3 Å². The quantitative estimate of drug-likeness (QED) is 0.381. The number of carbonyl (C=O) groups excluding carboxylic acids is 2. The van der Waals surface area contributed by atoms with Crippen molar-refractivity contribution in [3.63, 3.8) is 0 Å². The smallest absolute Gasteiger partial charge is 0.264 e. The predicted octanol–water partition coefficient (Wildman–Crippen LogP) is 4.62. The van der Waals surface area contributed by atoms with Crippen LogP contribution in [0.3, 0.4) is 0 Å². The fourth-order valence-corrected chi connectivity index (χ4v) is 5.18. The number of sulfonamides is 1. The zero-order valence-corrected chi connectivity index (χ0v) is 22.2. The van der Waals surface area contributed by atoms with Crippen molar-refractivity contribution < 1.29 is 22.4 Å². The van der Waals surface area contributed by atoms with Gasteiger partial charge >= 0.3 is 0 Å². The number of benzene rings is 3. The molecule has 1 N–H and O–H groups in total. The van der Waals surface area contributed by atoms with E-state index in [1.807, 2.05) is 6.92 Å². The molecular formula is C27H29ClFN3O4S. The molecule has 2 amide bonds. The van der Waals surface area contributed by atoms with Gasteiger partial charge in [0.1, 0.15) is 18.4 Å². The summed E-state index contributed by atoms with van der Waals surface area (Å²) in [7, 11) is -4.19. The largest absolute Gasteiger partial charge is 0.354 e. The second-order valence-electron chi connectivity index (χ2n) is 8.42. The molecule has 0 radical (unpaired) electrons. The van der Waals surface area contributed by atoms with Crippen LogP contribution in [0.15, 0.2) is 83.8 Å². The third-order valence-electron chi connectivity index (χ3n) is 5.71. The highest BCUT2D eigenvalue weighted by atomic mass is 35.5. The Hall–Kier alpha value is -3.43. The van der Waals surface area contributed by atoms with Gasteiger partial charge in [0, 0.05) is 18.1 Å². The van der Waals surface area contributed by atoms with Crippen molar-refractivity contribution >= 4 is 39.1 Å². The average Bonchev–Trinajstić information content (AvgIpc) is 2.90. The fraction of sp³-hybridized carbons (Fsp3) is 0.259. The van der Waals surface area contributed by atoms with Crippen LogP contribution in [0, 0.1) is 5.82 Å². The molecule has 7 nitrogen and oxygen atoms in total. The summed E-state index contributed by atoms with van der Waals surface area (Å²) in [6.07, 6.45) is 0.719. The zero-order valence-electron chi connectivity index (χ0n) is 20.6. The van der Waals surface area contributed by atoms with Crippen LogP contribution in [0.25, 0.3) is 0 Å². The molecule has 0 aliphatic heterocycles. The highest BCUT2D eigenvalue weighted by Gasteiger charge is 2.32. The molecule has 196 valence electrons. The molecule has 0 bridgehead atoms. The Kier molecular flexibility index (Phi) is 9.66. The maximum atomic E-state index is 13.7. The maximum Gasteiger partial charge on any atom is 0.264 e. The first-order chi connectivity index (χ1) is 17.6. The molecule has 0 heterocycles. The normalized spacial score (nSPS) is 12.0. The summed E-state index contributed by atoms with van der Waals surface area (Å²) in [4.78, 5) is 27.8. The van der Waals surface area contributed by atoms with Gasteiger partial charge in [-0.1, -0.05) is 48.9 Å². The van der Waals surface area contributed by atoms with Crippen molar-refractivity contribution in [3.05, 3.63) is 95.3 Å². The highest BCUT2D eigenvalue weighted by molar-refractivity contribution is 7.92. The van der Waals surface area contributed by atoms with Gasteiger partial charge in [0.25, 0.3) is 10.0 Å². The van der Waals surface area contributed by atoms with E-state index in [-0.39, 0.29) is 23.0 Å². The maximum absolute atomic E-state index is 13.7. The molecule has 0 spiro atoms. The van der Waals surface area contributed by atoms with Gasteiger partial charge in [0.2, 0.25) is 11.8 Å². The van der Waals surface area contributed by atoms with E-state index >= 15 is 0 Å². The van der Waals surface area contributed by atoms with E-state index in [2.05, 4.69) is 5.32 Å². The number of nitrogens with zero attached hydrogens (tertiary/aromatic N) is 2. The Morgan fingerprint density at radius 3 is 2.19 bits per heavy atom. The fourth-order valence-electron chi connectivity index (χ4n) is 3.62. The number of nitrogens with one attached hydrogen (secondary N) is 1. The molecule has 0 unspecified atom stereocenters. The monoisotopic (exact) mass is 545 g/mol. The molecule has 37 heavy (non-hydrogen) atoms. The summed E-state index contributed by atoms with van der Waals surface area (Å²) in [6, 6.07) is 18.4. The lowest BCUT2D eigenvalue weighted by Crippen LogP contribution is -2.51. The second-order valence-corrected chi connectivity index (χ2v) is 10.7. The van der Waals surface area contributed by atoms with Crippen molar-refractivity contribution in [2.45, 2.75) is 37.8 Å². The Morgan fingerprint density at radius 2 is 1.59 bits per heavy atom. The minimum atomic E-state index is -4.19. The van der Waals surface area contributed by atoms with Crippen LogP contribution in [0.1, 0.15) is 25.8 Å². The Morgan fingerprint density at radius 1 is 0.973 bits per heavy atom. The number of hydrogen-bond donors (Lipinski definition) is 1. The van der Waals surface area contributed by atoms with Crippen LogP contribution in [-0.2, 0) is 26.2 Å². The van der Waals surface area contributed by atoms with Crippen LogP contribution in [0.2, 0.25) is 5.02 Å². The van der Waals surface area contributed by atoms with Gasteiger partial charge in [-0.05, 0) is 67.4 Å². The molecule has 10 heteroatoms. The summed E-state index contributed by atoms with van der Waals surface area (Å²) in [5.41, 5.74) is 0.834. The van der Waals surface area contributed by atoms with Gasteiger partial charge in [-0.25, -0.2) is 12.8 Å². The molecule has 0 aliphatic carbocycles. The average molecular weight is 546 g/mol. The predicted molar refractivity (Wildman–Crippen MR) is 142 cm³/mol. The number of hydrogen-bond acceptors (Lipinski definition) is 4. The van der Waals surface area contributed by atoms with E-state index in [0.29, 0.717) is 17.1 Å². The molecule has 3 aromatic rings. The minimum Gasteiger partial charge on any atom is -0.354 e. The Bertz CT molecular complexity index is 1300. The number of rotatable bonds is 11. The van der Waals surface area contributed by atoms with E-state index in [1.54, 1.807) is 49.4 Å². The van der Waals surface area contributed by atoms with Gasteiger partial charge in [0.15, 0.2) is 0 Å². The molecule has 0 aliphatic rings. The van der Waals surface area contributed by atoms with Crippen molar-refractivity contribution in [2.24, 2.45) is 0 Å². The SMILES string of the molecule is CCCNC(=O)[C@@H](C)N(Cc1ccc(Cl)cc1)C(=O)CN(c1ccc(F)cc1)S(=O)(=O)c1ccccc1. The van der Waals surface area contributed by atoms with Crippen molar-refractivity contribution in [1.82, 2.24) is 10.2 Å². The van der Waals surface area contributed by atoms with Gasteiger partial charge in [0.05, 0.1) is 10.6 Å². The third kappa shape index (κ3) is 7.30. The topological polar surface area (TPSA) is 86.8 Å². The molecule has 0 saturated heterocycles. The zero-order chi connectivity index (χ0) is 27.0. The Labute approximate surface area is 221 Å². The molecule has 0 aromatic heterocycles. The van der Waals surface area contributed by atoms with E-state index in [1.165, 1.54) is 29.2 Å². The standard InChI is InChI=1S/C27H29ClFN3O4S/c1-3-17-30-27(34)20(2)31(18-21-9-11-22(28)12-10-21)26(33)19-32(24-15-13-23(29)14-16-24)37(35,36)25-7-5-4-6-8-25/h4-16,20H,3,17-19H2,1-2H3,(H,30,34)/t20-/m1/s1. The van der Waals surface area contributed by atoms with E-state index in [0.717, 1.165) is 22.9 Å². The minimum absolute atomic E-state index is 0.0230. The van der Waals surface area contributed by atoms with Crippen molar-refractivity contribution in [1.29, 1.82) is 0 Å². The second kappa shape index (κ2) is 12.7. The van der Waals surface area contributed by atoms with Crippen molar-refractivity contribution in [2.75, 3.05) is 17.4 Å². The molecular weight excluding hydrogens is 517 g/mol. The van der Waals surface area contributed by atoms with Crippen LogP contribution < -0.4 is 9.62 Å². The summed E-state index contributed by atoms with van der Waals surface area (Å²) in [5, 5.41) is 3.30. The first-order valence-corrected chi connectivity index (χ1v) is 13.6. The first kappa shape index (κ1) is 28.1. The summed E-state index contributed by atoms with van der Waals surface area (Å²) in [6.45, 7) is 3.40. The summed E-state index contributed by atoms with van der Waals surface area (Å²) in [5.74, 6) is -1.50. The lowest BCUT2D eigenvalue weighted by atomic mass is 10.1. The van der Waals surface area contributed by atoms with Gasteiger partial charge in [-0.3, -0.25) is 13.9 Å². The number of amides is 2. The van der Waals surface area contributed by atoms with Gasteiger partial charge in [-0.2, -0.15) is 0 Å². The molecule has 3 rings (SSSR count). The van der Waals surface area contributed by atoms with Gasteiger partial charge < -0.3 is 10.2 Å². The number of carbonyl (C=O) groups is 2. The van der Waals surface area contributed by atoms with Crippen LogP contribution in [-0.4, -0.2) is 44.3 Å². The summed E-state index contributed by atoms with van der Waals surface area (Å²) < 4.78 is 41.7. The first-order valence-electron chi connectivity index (χ1n) is 11.8. The van der Waals surface area contributed by atoms with E-state index in [4.69, 9.17) is 11.6 Å². The van der Waals surface area contributed by atoms with E-state index in [9.17, 15) is 22.4 Å². The Balaban J connectivity index is 1.99. The molecule has 3 aromatic carbocycles. The summed E-state index contributed by atoms with van der Waals surface area (Å²) >= 11 is 5.99. The lowest BCUT2D eigenvalue weighted by Gasteiger charge is -2.32. The van der Waals surface area contributed by atoms with Crippen LogP contribution in [0.5, 0.6) is 0 Å². The van der Waals surface area contributed by atoms with Crippen molar-refractivity contribution in [3.8, 4) is 0 Å². The number of anilines is 1. The molecule has 1 atom stereocenters. The van der Waals surface area contributed by atoms with Gasteiger partial charge in [-0.15, -0.1) is 0 Å². The highest BCUT2D eigenvalue weighted by Crippen LogP contribution is 2.25. The van der Waals surface area contributed by atoms with Crippen LogP contribution >= 0.6 is 11.6 Å². The van der Waals surface area contributed by atoms with Crippen LogP contribution in [0.4, 0.5) is 10.1 Å². The molecule has 0 saturated carbocycles. The third-order valence-corrected chi connectivity index (χ3v) is 7.75.